The van der Waals surface area contributed by atoms with Crippen LogP contribution in [0, 0.1) is 11.8 Å². The molecular weight excluding hydrogens is 260 g/mol. The van der Waals surface area contributed by atoms with E-state index in [0.717, 1.165) is 37.4 Å². The van der Waals surface area contributed by atoms with Crippen LogP contribution in [0.2, 0.25) is 0 Å². The summed E-state index contributed by atoms with van der Waals surface area (Å²) in [5.74, 6) is 1.96. The third-order valence-electron chi connectivity index (χ3n) is 5.52. The molecule has 0 aromatic carbocycles. The van der Waals surface area contributed by atoms with Crippen molar-refractivity contribution in [2.45, 2.75) is 76.8 Å². The summed E-state index contributed by atoms with van der Waals surface area (Å²) < 4.78 is 1.93. The van der Waals surface area contributed by atoms with Gasteiger partial charge in [-0.05, 0) is 37.6 Å². The van der Waals surface area contributed by atoms with Crippen LogP contribution in [0.1, 0.15) is 64.2 Å². The Labute approximate surface area is 128 Å². The fourth-order valence-corrected chi connectivity index (χ4v) is 4.42. The Morgan fingerprint density at radius 3 is 2.62 bits per heavy atom. The zero-order chi connectivity index (χ0) is 14.3. The Bertz CT molecular complexity index is 384. The Balaban J connectivity index is 1.43. The summed E-state index contributed by atoms with van der Waals surface area (Å²) in [6, 6.07) is 0.776. The predicted molar refractivity (Wildman–Crippen MR) is 85.0 cm³/mol. The molecule has 4 nitrogen and oxygen atoms in total. The smallest absolute Gasteiger partial charge is 0.0692 e. The van der Waals surface area contributed by atoms with E-state index in [2.05, 4.69) is 15.6 Å². The van der Waals surface area contributed by atoms with E-state index in [1.165, 1.54) is 57.8 Å². The maximum atomic E-state index is 4.03. The highest BCUT2D eigenvalue weighted by Crippen LogP contribution is 2.38. The minimum Gasteiger partial charge on any atom is -0.314 e. The third kappa shape index (κ3) is 4.29. The molecule has 0 bridgehead atoms. The number of hydrogen-bond acceptors (Lipinski definition) is 3. The Hall–Kier alpha value is -0.900. The van der Waals surface area contributed by atoms with Gasteiger partial charge in [-0.1, -0.05) is 50.2 Å². The minimum absolute atomic E-state index is 0.776. The molecule has 0 saturated heterocycles. The highest BCUT2D eigenvalue weighted by Gasteiger charge is 2.31. The van der Waals surface area contributed by atoms with Crippen LogP contribution in [0.3, 0.4) is 0 Å². The van der Waals surface area contributed by atoms with Gasteiger partial charge in [-0.2, -0.15) is 0 Å². The van der Waals surface area contributed by atoms with Crippen molar-refractivity contribution >= 4 is 0 Å². The largest absolute Gasteiger partial charge is 0.314 e. The maximum absolute atomic E-state index is 4.03. The third-order valence-corrected chi connectivity index (χ3v) is 5.52. The lowest BCUT2D eigenvalue weighted by molar-refractivity contribution is 0.150. The lowest BCUT2D eigenvalue weighted by Gasteiger charge is -2.39. The minimum atomic E-state index is 0.776. The van der Waals surface area contributed by atoms with Crippen LogP contribution in [0.5, 0.6) is 0 Å². The molecular formula is C17H30N4. The predicted octanol–water partition coefficient (Wildman–Crippen LogP) is 3.40. The number of nitrogens with one attached hydrogen (secondary N) is 1. The quantitative estimate of drug-likeness (QED) is 0.817. The fourth-order valence-electron chi connectivity index (χ4n) is 4.42. The highest BCUT2D eigenvalue weighted by atomic mass is 15.4. The van der Waals surface area contributed by atoms with Crippen LogP contribution in [0.15, 0.2) is 12.4 Å². The van der Waals surface area contributed by atoms with E-state index in [9.17, 15) is 0 Å². The van der Waals surface area contributed by atoms with Crippen LogP contribution in [-0.2, 0) is 6.54 Å². The van der Waals surface area contributed by atoms with Crippen LogP contribution < -0.4 is 5.32 Å². The molecule has 0 radical (unpaired) electrons. The lowest BCUT2D eigenvalue weighted by atomic mass is 9.71. The molecule has 1 aromatic heterocycles. The van der Waals surface area contributed by atoms with Gasteiger partial charge >= 0.3 is 0 Å². The molecule has 2 fully saturated rings. The average Bonchev–Trinajstić information content (AvgIpc) is 3.06. The number of aromatic nitrogens is 3. The Morgan fingerprint density at radius 2 is 1.81 bits per heavy atom. The monoisotopic (exact) mass is 290 g/mol. The van der Waals surface area contributed by atoms with Gasteiger partial charge in [-0.15, -0.1) is 5.10 Å². The van der Waals surface area contributed by atoms with Crippen LogP contribution in [-0.4, -0.2) is 27.6 Å². The summed E-state index contributed by atoms with van der Waals surface area (Å²) >= 11 is 0. The van der Waals surface area contributed by atoms with E-state index in [-0.39, 0.29) is 0 Å². The lowest BCUT2D eigenvalue weighted by Crippen LogP contribution is -2.43. The molecule has 2 unspecified atom stereocenters. The van der Waals surface area contributed by atoms with Crippen LogP contribution in [0.4, 0.5) is 0 Å². The molecule has 1 heterocycles. The first-order chi connectivity index (χ1) is 10.4. The molecule has 2 aliphatic carbocycles. The molecule has 1 N–H and O–H groups in total. The van der Waals surface area contributed by atoms with Gasteiger partial charge in [0.2, 0.25) is 0 Å². The number of nitrogens with zero attached hydrogens (tertiary/aromatic N) is 3. The molecule has 2 saturated carbocycles. The summed E-state index contributed by atoms with van der Waals surface area (Å²) in [5.41, 5.74) is 0. The summed E-state index contributed by atoms with van der Waals surface area (Å²) in [7, 11) is 0. The molecule has 3 rings (SSSR count). The van der Waals surface area contributed by atoms with Gasteiger partial charge in [-0.25, -0.2) is 0 Å². The van der Waals surface area contributed by atoms with Gasteiger partial charge in [-0.3, -0.25) is 4.68 Å². The van der Waals surface area contributed by atoms with E-state index in [1.54, 1.807) is 6.20 Å². The molecule has 0 spiro atoms. The van der Waals surface area contributed by atoms with Crippen molar-refractivity contribution in [1.29, 1.82) is 0 Å². The maximum Gasteiger partial charge on any atom is 0.0692 e. The first-order valence-electron chi connectivity index (χ1n) is 9.01. The highest BCUT2D eigenvalue weighted by molar-refractivity contribution is 4.86. The van der Waals surface area contributed by atoms with E-state index in [1.807, 2.05) is 10.9 Å². The van der Waals surface area contributed by atoms with Gasteiger partial charge in [0.25, 0.3) is 0 Å². The van der Waals surface area contributed by atoms with Crippen molar-refractivity contribution in [3.63, 3.8) is 0 Å². The molecule has 118 valence electrons. The van der Waals surface area contributed by atoms with Crippen LogP contribution >= 0.6 is 0 Å². The second-order valence-electron chi connectivity index (χ2n) is 6.93. The zero-order valence-corrected chi connectivity index (χ0v) is 13.2. The van der Waals surface area contributed by atoms with Crippen LogP contribution in [0.25, 0.3) is 0 Å². The molecule has 2 aliphatic rings. The van der Waals surface area contributed by atoms with E-state index in [0.29, 0.717) is 0 Å². The second kappa shape index (κ2) is 7.92. The molecule has 0 aliphatic heterocycles. The number of hydrogen-bond donors (Lipinski definition) is 1. The first kappa shape index (κ1) is 15.0. The van der Waals surface area contributed by atoms with Gasteiger partial charge < -0.3 is 5.32 Å². The zero-order valence-electron chi connectivity index (χ0n) is 13.2. The molecule has 4 heteroatoms. The van der Waals surface area contributed by atoms with Crippen molar-refractivity contribution in [3.8, 4) is 0 Å². The molecule has 0 amide bonds. The number of rotatable bonds is 6. The SMILES string of the molecule is c1cn(CCCNC2CCCCC2C2CCCCC2)nn1. The van der Waals surface area contributed by atoms with E-state index in [4.69, 9.17) is 0 Å². The normalized spacial score (nSPS) is 27.8. The van der Waals surface area contributed by atoms with E-state index < -0.39 is 0 Å². The van der Waals surface area contributed by atoms with Crippen molar-refractivity contribution in [3.05, 3.63) is 12.4 Å². The number of aryl methyl sites for hydroxylation is 1. The van der Waals surface area contributed by atoms with Gasteiger partial charge in [0.1, 0.15) is 0 Å². The Morgan fingerprint density at radius 1 is 1.00 bits per heavy atom. The van der Waals surface area contributed by atoms with Crippen molar-refractivity contribution in [2.75, 3.05) is 6.54 Å². The van der Waals surface area contributed by atoms with Gasteiger partial charge in [0.15, 0.2) is 0 Å². The van der Waals surface area contributed by atoms with E-state index >= 15 is 0 Å². The van der Waals surface area contributed by atoms with Gasteiger partial charge in [0.05, 0.1) is 6.20 Å². The molecule has 21 heavy (non-hydrogen) atoms. The second-order valence-corrected chi connectivity index (χ2v) is 6.93. The van der Waals surface area contributed by atoms with Gasteiger partial charge in [0, 0.05) is 18.8 Å². The van der Waals surface area contributed by atoms with Crippen molar-refractivity contribution < 1.29 is 0 Å². The average molecular weight is 290 g/mol. The topological polar surface area (TPSA) is 42.7 Å². The summed E-state index contributed by atoms with van der Waals surface area (Å²) in [4.78, 5) is 0. The standard InChI is InChI=1S/C17H30N4/c1-2-7-15(8-3-1)16-9-4-5-10-17(16)18-11-6-13-21-14-12-19-20-21/h12,14-18H,1-11,13H2. The summed E-state index contributed by atoms with van der Waals surface area (Å²) in [6.07, 6.45) is 18.0. The van der Waals surface area contributed by atoms with Crippen molar-refractivity contribution in [2.24, 2.45) is 11.8 Å². The summed E-state index contributed by atoms with van der Waals surface area (Å²) in [6.45, 7) is 2.10. The molecule has 2 atom stereocenters. The van der Waals surface area contributed by atoms with Crippen molar-refractivity contribution in [1.82, 2.24) is 20.3 Å². The summed E-state index contributed by atoms with van der Waals surface area (Å²) in [5, 5.41) is 11.8. The fraction of sp³-hybridized carbons (Fsp3) is 0.882. The first-order valence-corrected chi connectivity index (χ1v) is 9.01. The molecule has 1 aromatic rings. The Kier molecular flexibility index (Phi) is 5.67.